The summed E-state index contributed by atoms with van der Waals surface area (Å²) in [5.74, 6) is 2.21. The molecule has 1 atom stereocenters. The van der Waals surface area contributed by atoms with Crippen LogP contribution in [0.3, 0.4) is 0 Å². The summed E-state index contributed by atoms with van der Waals surface area (Å²) < 4.78 is 0. The third kappa shape index (κ3) is 3.59. The first-order valence-corrected chi connectivity index (χ1v) is 7.87. The topological polar surface area (TPSA) is 73.9 Å². The minimum Gasteiger partial charge on any atom is -0.356 e. The van der Waals surface area contributed by atoms with Gasteiger partial charge in [-0.1, -0.05) is 6.08 Å². The largest absolute Gasteiger partial charge is 0.356 e. The number of amides is 1. The van der Waals surface area contributed by atoms with Crippen LogP contribution in [0.4, 0.5) is 5.82 Å². The Hall–Kier alpha value is -2.63. The summed E-state index contributed by atoms with van der Waals surface area (Å²) in [5.41, 5.74) is 0.565. The van der Waals surface area contributed by atoms with E-state index < -0.39 is 0 Å². The summed E-state index contributed by atoms with van der Waals surface area (Å²) in [6.07, 6.45) is 9.18. The molecule has 3 heterocycles. The van der Waals surface area contributed by atoms with Crippen molar-refractivity contribution in [1.82, 2.24) is 20.3 Å². The first-order valence-electron chi connectivity index (χ1n) is 7.87. The van der Waals surface area contributed by atoms with Crippen molar-refractivity contribution in [2.45, 2.75) is 18.8 Å². The number of carbonyl (C=O) groups excluding carboxylic acids is 1. The van der Waals surface area contributed by atoms with E-state index in [0.717, 1.165) is 37.6 Å². The van der Waals surface area contributed by atoms with Crippen LogP contribution in [0.1, 0.15) is 34.9 Å². The Morgan fingerprint density at radius 2 is 2.39 bits per heavy atom. The van der Waals surface area contributed by atoms with Gasteiger partial charge in [-0.3, -0.25) is 4.79 Å². The molecule has 0 saturated carbocycles. The molecule has 2 aromatic heterocycles. The molecule has 0 aliphatic carbocycles. The Kier molecular flexibility index (Phi) is 4.71. The molecule has 1 fully saturated rings. The fraction of sp³-hybridized carbons (Fsp3) is 0.353. The highest BCUT2D eigenvalue weighted by atomic mass is 16.1. The van der Waals surface area contributed by atoms with E-state index in [9.17, 15) is 4.79 Å². The van der Waals surface area contributed by atoms with Gasteiger partial charge in [-0.25, -0.2) is 9.97 Å². The van der Waals surface area contributed by atoms with Crippen LogP contribution in [0.2, 0.25) is 0 Å². The summed E-state index contributed by atoms with van der Waals surface area (Å²) in [7, 11) is 0. The molecule has 0 bridgehead atoms. The van der Waals surface area contributed by atoms with Gasteiger partial charge < -0.3 is 15.2 Å². The maximum absolute atomic E-state index is 11.9. The molecule has 1 saturated heterocycles. The average Bonchev–Trinajstić information content (AvgIpc) is 3.14. The molecule has 6 heteroatoms. The molecule has 1 amide bonds. The second kappa shape index (κ2) is 7.09. The zero-order valence-corrected chi connectivity index (χ0v) is 13.0. The number of aromatic nitrogens is 3. The summed E-state index contributed by atoms with van der Waals surface area (Å²) in [6.45, 7) is 5.91. The van der Waals surface area contributed by atoms with Crippen LogP contribution >= 0.6 is 0 Å². The molecule has 2 N–H and O–H groups in total. The highest BCUT2D eigenvalue weighted by Gasteiger charge is 2.23. The van der Waals surface area contributed by atoms with E-state index in [0.29, 0.717) is 18.0 Å². The lowest BCUT2D eigenvalue weighted by Gasteiger charge is -2.32. The quantitative estimate of drug-likeness (QED) is 0.829. The highest BCUT2D eigenvalue weighted by molar-refractivity contribution is 5.94. The van der Waals surface area contributed by atoms with Crippen molar-refractivity contribution in [2.75, 3.05) is 24.5 Å². The van der Waals surface area contributed by atoms with Crippen LogP contribution < -0.4 is 10.2 Å². The van der Waals surface area contributed by atoms with E-state index in [1.54, 1.807) is 18.5 Å². The number of piperidine rings is 1. The minimum atomic E-state index is -0.129. The van der Waals surface area contributed by atoms with Crippen LogP contribution in [-0.4, -0.2) is 40.5 Å². The first-order chi connectivity index (χ1) is 11.3. The fourth-order valence-electron chi connectivity index (χ4n) is 2.88. The number of pyridine rings is 1. The lowest BCUT2D eigenvalue weighted by atomic mass is 9.97. The third-order valence-electron chi connectivity index (χ3n) is 4.07. The molecule has 6 nitrogen and oxygen atoms in total. The predicted octanol–water partition coefficient (Wildman–Crippen LogP) is 2.10. The summed E-state index contributed by atoms with van der Waals surface area (Å²) in [6, 6.07) is 3.73. The highest BCUT2D eigenvalue weighted by Crippen LogP contribution is 2.27. The molecule has 0 aromatic carbocycles. The van der Waals surface area contributed by atoms with Crippen LogP contribution in [-0.2, 0) is 0 Å². The summed E-state index contributed by atoms with van der Waals surface area (Å²) in [5, 5.41) is 2.75. The number of aromatic amines is 1. The lowest BCUT2D eigenvalue weighted by Crippen LogP contribution is -2.35. The molecule has 3 rings (SSSR count). The molecule has 120 valence electrons. The summed E-state index contributed by atoms with van der Waals surface area (Å²) in [4.78, 5) is 26.2. The van der Waals surface area contributed by atoms with Crippen LogP contribution in [0.5, 0.6) is 0 Å². The van der Waals surface area contributed by atoms with Crippen LogP contribution in [0.25, 0.3) is 0 Å². The van der Waals surface area contributed by atoms with Crippen molar-refractivity contribution in [3.8, 4) is 0 Å². The lowest BCUT2D eigenvalue weighted by molar-refractivity contribution is 0.0957. The normalized spacial score (nSPS) is 17.7. The second-order valence-corrected chi connectivity index (χ2v) is 5.66. The molecular formula is C17H21N5O. The monoisotopic (exact) mass is 311 g/mol. The number of hydrogen-bond acceptors (Lipinski definition) is 4. The predicted molar refractivity (Wildman–Crippen MR) is 89.5 cm³/mol. The van der Waals surface area contributed by atoms with Crippen molar-refractivity contribution in [3.63, 3.8) is 0 Å². The Bertz CT molecular complexity index is 650. The smallest absolute Gasteiger partial charge is 0.253 e. The SMILES string of the molecule is C=CCNC(=O)c1ccc(N2CCCC(c3ncc[nH]3)C2)nc1. The standard InChI is InChI=1S/C17H21N5O/c1-2-7-20-17(23)13-5-6-15(21-11-13)22-10-3-4-14(12-22)16-18-8-9-19-16/h2,5-6,8-9,11,14H,1,3-4,7,10,12H2,(H,18,19)(H,20,23). The van der Waals surface area contributed by atoms with Crippen LogP contribution in [0, 0.1) is 0 Å². The van der Waals surface area contributed by atoms with Crippen LogP contribution in [0.15, 0.2) is 43.4 Å². The number of H-pyrrole nitrogens is 1. The fourth-order valence-corrected chi connectivity index (χ4v) is 2.88. The number of anilines is 1. The Labute approximate surface area is 135 Å². The molecule has 1 aliphatic rings. The average molecular weight is 311 g/mol. The number of rotatable bonds is 5. The second-order valence-electron chi connectivity index (χ2n) is 5.66. The van der Waals surface area contributed by atoms with Gasteiger partial charge in [-0.05, 0) is 25.0 Å². The zero-order chi connectivity index (χ0) is 16.1. The maximum atomic E-state index is 11.9. The van der Waals surface area contributed by atoms with Gasteiger partial charge in [-0.15, -0.1) is 6.58 Å². The van der Waals surface area contributed by atoms with E-state index >= 15 is 0 Å². The van der Waals surface area contributed by atoms with Crippen molar-refractivity contribution in [2.24, 2.45) is 0 Å². The van der Waals surface area contributed by atoms with Gasteiger partial charge in [0.15, 0.2) is 0 Å². The van der Waals surface area contributed by atoms with E-state index in [-0.39, 0.29) is 5.91 Å². The van der Waals surface area contributed by atoms with E-state index in [2.05, 4.69) is 31.7 Å². The molecular weight excluding hydrogens is 290 g/mol. The molecule has 0 spiro atoms. The number of nitrogens with zero attached hydrogens (tertiary/aromatic N) is 3. The molecule has 0 radical (unpaired) electrons. The van der Waals surface area contributed by atoms with Gasteiger partial charge in [0, 0.05) is 44.1 Å². The molecule has 1 aliphatic heterocycles. The van der Waals surface area contributed by atoms with E-state index in [4.69, 9.17) is 0 Å². The third-order valence-corrected chi connectivity index (χ3v) is 4.07. The van der Waals surface area contributed by atoms with Crippen molar-refractivity contribution in [1.29, 1.82) is 0 Å². The Morgan fingerprint density at radius 1 is 1.48 bits per heavy atom. The zero-order valence-electron chi connectivity index (χ0n) is 13.0. The van der Waals surface area contributed by atoms with Crippen molar-refractivity contribution < 1.29 is 4.79 Å². The van der Waals surface area contributed by atoms with Crippen molar-refractivity contribution in [3.05, 3.63) is 54.8 Å². The number of carbonyl (C=O) groups is 1. The van der Waals surface area contributed by atoms with Gasteiger partial charge in [0.25, 0.3) is 5.91 Å². The van der Waals surface area contributed by atoms with Gasteiger partial charge >= 0.3 is 0 Å². The van der Waals surface area contributed by atoms with E-state index in [1.807, 2.05) is 18.3 Å². The van der Waals surface area contributed by atoms with Gasteiger partial charge in [0.1, 0.15) is 11.6 Å². The molecule has 1 unspecified atom stereocenters. The maximum Gasteiger partial charge on any atom is 0.253 e. The Balaban J connectivity index is 1.67. The number of nitrogens with one attached hydrogen (secondary N) is 2. The van der Waals surface area contributed by atoms with Gasteiger partial charge in [0.2, 0.25) is 0 Å². The van der Waals surface area contributed by atoms with E-state index in [1.165, 1.54) is 0 Å². The van der Waals surface area contributed by atoms with Gasteiger partial charge in [0.05, 0.1) is 5.56 Å². The first kappa shape index (κ1) is 15.3. The number of hydrogen-bond donors (Lipinski definition) is 2. The van der Waals surface area contributed by atoms with Crippen molar-refractivity contribution >= 4 is 11.7 Å². The Morgan fingerprint density at radius 3 is 3.09 bits per heavy atom. The van der Waals surface area contributed by atoms with Gasteiger partial charge in [-0.2, -0.15) is 0 Å². The number of imidazole rings is 1. The molecule has 2 aromatic rings. The molecule has 23 heavy (non-hydrogen) atoms. The minimum absolute atomic E-state index is 0.129. The summed E-state index contributed by atoms with van der Waals surface area (Å²) >= 11 is 0.